The Morgan fingerprint density at radius 1 is 1.33 bits per heavy atom. The van der Waals surface area contributed by atoms with Crippen LogP contribution in [0.5, 0.6) is 0 Å². The Morgan fingerprint density at radius 3 is 2.33 bits per heavy atom. The molecule has 0 spiro atoms. The molecule has 70 valence electrons. The maximum atomic E-state index is 5.67. The Morgan fingerprint density at radius 2 is 1.83 bits per heavy atom. The predicted molar refractivity (Wildman–Crippen MR) is 52.8 cm³/mol. The Labute approximate surface area is 98.9 Å². The summed E-state index contributed by atoms with van der Waals surface area (Å²) in [4.78, 5) is 3.61. The van der Waals surface area contributed by atoms with Gasteiger partial charge in [0, 0.05) is 11.8 Å². The minimum absolute atomic E-state index is 0.126. The summed E-state index contributed by atoms with van der Waals surface area (Å²) in [5.41, 5.74) is -0.954. The molecule has 0 aliphatic carbocycles. The summed E-state index contributed by atoms with van der Waals surface area (Å²) in [7, 11) is 0. The van der Waals surface area contributed by atoms with Crippen molar-refractivity contribution in [2.75, 3.05) is 0 Å². The van der Waals surface area contributed by atoms with E-state index in [0.717, 1.165) is 8.84 Å². The van der Waals surface area contributed by atoms with E-state index in [2.05, 4.69) is 4.99 Å². The lowest BCUT2D eigenvalue weighted by Gasteiger charge is -2.38. The van der Waals surface area contributed by atoms with Crippen molar-refractivity contribution >= 4 is 75.3 Å². The molecule has 0 amide bonds. The van der Waals surface area contributed by atoms with Gasteiger partial charge in [0.05, 0.1) is 0 Å². The smallest absolute Gasteiger partial charge is 0.220 e. The van der Waals surface area contributed by atoms with E-state index in [1.54, 1.807) is 0 Å². The lowest BCUT2D eigenvalue weighted by atomic mass is 10.8. The van der Waals surface area contributed by atoms with Crippen molar-refractivity contribution in [2.45, 2.75) is 10.2 Å². The predicted octanol–water partition coefficient (Wildman–Crippen LogP) is 3.12. The zero-order valence-corrected chi connectivity index (χ0v) is 9.72. The summed E-state index contributed by atoms with van der Waals surface area (Å²) in [6.07, 6.45) is 0. The van der Waals surface area contributed by atoms with E-state index in [-0.39, 0.29) is 5.29 Å². The highest BCUT2D eigenvalue weighted by molar-refractivity contribution is 6.70. The molecule has 1 atom stereocenters. The van der Waals surface area contributed by atoms with E-state index in [0.29, 0.717) is 0 Å². The van der Waals surface area contributed by atoms with Crippen molar-refractivity contribution in [3.63, 3.8) is 0 Å². The average molecular weight is 292 g/mol. The zero-order chi connectivity index (χ0) is 9.52. The van der Waals surface area contributed by atoms with Crippen molar-refractivity contribution < 1.29 is 0 Å². The number of hydrogen-bond donors (Lipinski definition) is 0. The molecule has 1 unspecified atom stereocenters. The summed E-state index contributed by atoms with van der Waals surface area (Å²) in [5.74, 6) is 0. The number of nitrogens with zero attached hydrogens (tertiary/aromatic N) is 3. The molecular formula is C3HCl6N3. The fraction of sp³-hybridized carbons (Fsp3) is 0.667. The first-order chi connectivity index (χ1) is 5.37. The maximum Gasteiger partial charge on any atom is 0.281 e. The highest BCUT2D eigenvalue weighted by Gasteiger charge is 2.46. The molecule has 1 heterocycles. The van der Waals surface area contributed by atoms with Crippen molar-refractivity contribution in [3.05, 3.63) is 0 Å². The first-order valence-electron chi connectivity index (χ1n) is 2.53. The number of aliphatic imine (C=N–C) groups is 1. The molecular weight excluding hydrogens is 291 g/mol. The summed E-state index contributed by atoms with van der Waals surface area (Å²) in [6, 6.07) is 0. The van der Waals surface area contributed by atoms with Gasteiger partial charge in [-0.25, -0.2) is 9.41 Å². The van der Waals surface area contributed by atoms with Crippen LogP contribution in [-0.4, -0.2) is 24.3 Å². The van der Waals surface area contributed by atoms with Crippen LogP contribution in [0.2, 0.25) is 0 Å². The Bertz CT molecular complexity index is 216. The fourth-order valence-corrected chi connectivity index (χ4v) is 1.83. The SMILES string of the molecule is ClC1=NC(Cl)N(Cl)C(Cl)(Cl)N1Cl. The number of rotatable bonds is 0. The average Bonchev–Trinajstić information content (AvgIpc) is 1.99. The Hall–Kier alpha value is 1.17. The van der Waals surface area contributed by atoms with Crippen LogP contribution in [0.3, 0.4) is 0 Å². The van der Waals surface area contributed by atoms with Gasteiger partial charge in [0.1, 0.15) is 0 Å². The molecule has 1 aliphatic heterocycles. The molecule has 0 radical (unpaired) electrons. The lowest BCUT2D eigenvalue weighted by Crippen LogP contribution is -2.52. The van der Waals surface area contributed by atoms with Crippen LogP contribution in [0.4, 0.5) is 0 Å². The summed E-state index contributed by atoms with van der Waals surface area (Å²) in [6.45, 7) is 0. The fourth-order valence-electron chi connectivity index (χ4n) is 0.512. The summed E-state index contributed by atoms with van der Waals surface area (Å²) < 4.78 is -0.144. The van der Waals surface area contributed by atoms with E-state index in [1.165, 1.54) is 0 Å². The van der Waals surface area contributed by atoms with Crippen molar-refractivity contribution in [1.29, 1.82) is 0 Å². The van der Waals surface area contributed by atoms with E-state index < -0.39 is 10.2 Å². The molecule has 0 bridgehead atoms. The van der Waals surface area contributed by atoms with Crippen LogP contribution in [0.25, 0.3) is 0 Å². The van der Waals surface area contributed by atoms with Gasteiger partial charge >= 0.3 is 0 Å². The Balaban J connectivity index is 3.00. The minimum Gasteiger partial charge on any atom is -0.220 e. The van der Waals surface area contributed by atoms with Gasteiger partial charge in [-0.2, -0.15) is 0 Å². The molecule has 1 rings (SSSR count). The molecule has 0 saturated heterocycles. The third kappa shape index (κ3) is 1.82. The van der Waals surface area contributed by atoms with Crippen LogP contribution in [-0.2, 0) is 0 Å². The van der Waals surface area contributed by atoms with Crippen molar-refractivity contribution in [2.24, 2.45) is 4.99 Å². The minimum atomic E-state index is -1.71. The molecule has 1 aliphatic rings. The molecule has 12 heavy (non-hydrogen) atoms. The normalized spacial score (nSPS) is 30.3. The topological polar surface area (TPSA) is 18.8 Å². The van der Waals surface area contributed by atoms with Gasteiger partial charge < -0.3 is 0 Å². The van der Waals surface area contributed by atoms with Crippen LogP contribution in [0.1, 0.15) is 0 Å². The quantitative estimate of drug-likeness (QED) is 0.388. The monoisotopic (exact) mass is 289 g/mol. The molecule has 0 saturated carbocycles. The molecule has 3 nitrogen and oxygen atoms in total. The number of halogens is 6. The van der Waals surface area contributed by atoms with Gasteiger partial charge in [-0.05, 0) is 23.4 Å². The van der Waals surface area contributed by atoms with E-state index in [1.807, 2.05) is 0 Å². The molecule has 0 aromatic rings. The highest BCUT2D eigenvalue weighted by atomic mass is 35.5. The maximum absolute atomic E-state index is 5.67. The largest absolute Gasteiger partial charge is 0.281 e. The zero-order valence-electron chi connectivity index (χ0n) is 5.19. The first kappa shape index (κ1) is 11.2. The number of amidine groups is 1. The molecule has 0 aromatic heterocycles. The van der Waals surface area contributed by atoms with Gasteiger partial charge in [-0.3, -0.25) is 0 Å². The number of alkyl halides is 3. The van der Waals surface area contributed by atoms with Gasteiger partial charge in [-0.15, -0.1) is 4.42 Å². The number of hydrogen-bond acceptors (Lipinski definition) is 3. The van der Waals surface area contributed by atoms with Crippen LogP contribution < -0.4 is 0 Å². The molecule has 0 N–H and O–H groups in total. The van der Waals surface area contributed by atoms with Gasteiger partial charge in [-0.1, -0.05) is 34.8 Å². The van der Waals surface area contributed by atoms with E-state index in [4.69, 9.17) is 70.0 Å². The Kier molecular flexibility index (Phi) is 3.50. The van der Waals surface area contributed by atoms with Gasteiger partial charge in [0.25, 0.3) is 4.58 Å². The molecule has 0 aromatic carbocycles. The third-order valence-corrected chi connectivity index (χ3v) is 3.68. The summed E-state index contributed by atoms with van der Waals surface area (Å²) in [5, 5.41) is -0.126. The second kappa shape index (κ2) is 3.73. The highest BCUT2D eigenvalue weighted by Crippen LogP contribution is 2.40. The van der Waals surface area contributed by atoms with Crippen LogP contribution in [0, 0.1) is 0 Å². The lowest BCUT2D eigenvalue weighted by molar-refractivity contribution is 0.258. The van der Waals surface area contributed by atoms with Crippen molar-refractivity contribution in [1.82, 2.24) is 8.84 Å². The van der Waals surface area contributed by atoms with E-state index >= 15 is 0 Å². The van der Waals surface area contributed by atoms with Crippen LogP contribution >= 0.6 is 70.0 Å². The van der Waals surface area contributed by atoms with Crippen molar-refractivity contribution in [3.8, 4) is 0 Å². The van der Waals surface area contributed by atoms with E-state index in [9.17, 15) is 0 Å². The standard InChI is InChI=1S/C3HCl6N3/c4-1-10-2(5)12(9)3(6,7)11(1)8/h1H. The summed E-state index contributed by atoms with van der Waals surface area (Å²) >= 11 is 33.5. The molecule has 0 fully saturated rings. The van der Waals surface area contributed by atoms with Crippen LogP contribution in [0.15, 0.2) is 4.99 Å². The van der Waals surface area contributed by atoms with Gasteiger partial charge in [0.2, 0.25) is 5.29 Å². The second-order valence-corrected chi connectivity index (χ2v) is 4.49. The first-order valence-corrected chi connectivity index (χ1v) is 4.78. The molecule has 9 heteroatoms. The third-order valence-electron chi connectivity index (χ3n) is 1.06. The second-order valence-electron chi connectivity index (χ2n) is 1.81. The van der Waals surface area contributed by atoms with Gasteiger partial charge in [0.15, 0.2) is 5.62 Å².